The third-order valence-corrected chi connectivity index (χ3v) is 5.30. The van der Waals surface area contributed by atoms with Crippen LogP contribution in [0, 0.1) is 0 Å². The maximum absolute atomic E-state index is 12.8. The summed E-state index contributed by atoms with van der Waals surface area (Å²) in [6, 6.07) is 7.49. The van der Waals surface area contributed by atoms with Gasteiger partial charge >= 0.3 is 0 Å². The van der Waals surface area contributed by atoms with Crippen LogP contribution in [0.25, 0.3) is 15.9 Å². The number of halogens is 3. The van der Waals surface area contributed by atoms with Crippen LogP contribution < -0.4 is 0 Å². The molecule has 0 saturated heterocycles. The normalized spacial score (nSPS) is 13.2. The van der Waals surface area contributed by atoms with Gasteiger partial charge in [-0.25, -0.2) is 23.3 Å². The van der Waals surface area contributed by atoms with E-state index in [2.05, 4.69) is 22.0 Å². The van der Waals surface area contributed by atoms with E-state index in [-0.39, 0.29) is 10.9 Å². The molecule has 0 amide bonds. The average Bonchev–Trinajstić information content (AvgIpc) is 3.19. The number of benzene rings is 1. The second-order valence-electron chi connectivity index (χ2n) is 5.88. The summed E-state index contributed by atoms with van der Waals surface area (Å²) in [5.74, 6) is 0.144. The van der Waals surface area contributed by atoms with E-state index in [4.69, 9.17) is 11.6 Å². The molecule has 128 valence electrons. The van der Waals surface area contributed by atoms with Gasteiger partial charge in [0.25, 0.3) is 6.43 Å². The van der Waals surface area contributed by atoms with Gasteiger partial charge in [0.2, 0.25) is 0 Å². The summed E-state index contributed by atoms with van der Waals surface area (Å²) in [6.45, 7) is 2.09. The number of hydrogen-bond acceptors (Lipinski definition) is 4. The van der Waals surface area contributed by atoms with Crippen LogP contribution in [0.3, 0.4) is 0 Å². The van der Waals surface area contributed by atoms with Crippen LogP contribution in [0.4, 0.5) is 8.78 Å². The number of rotatable bonds is 4. The lowest BCUT2D eigenvalue weighted by atomic mass is 9.95. The minimum atomic E-state index is -2.53. The molecule has 1 unspecified atom stereocenters. The first kappa shape index (κ1) is 16.4. The predicted molar refractivity (Wildman–Crippen MR) is 94.7 cm³/mol. The van der Waals surface area contributed by atoms with Crippen LogP contribution in [-0.4, -0.2) is 19.6 Å². The number of fused-ring (bicyclic) bond motifs is 2. The lowest BCUT2D eigenvalue weighted by Crippen LogP contribution is -2.04. The molecule has 3 aromatic heterocycles. The summed E-state index contributed by atoms with van der Waals surface area (Å²) in [5, 5.41) is 4.46. The molecule has 1 atom stereocenters. The van der Waals surface area contributed by atoms with Crippen molar-refractivity contribution < 1.29 is 8.78 Å². The highest BCUT2D eigenvalue weighted by Crippen LogP contribution is 2.31. The van der Waals surface area contributed by atoms with Gasteiger partial charge in [-0.3, -0.25) is 0 Å². The fourth-order valence-corrected chi connectivity index (χ4v) is 4.03. The van der Waals surface area contributed by atoms with Crippen LogP contribution in [0.2, 0.25) is 5.15 Å². The zero-order chi connectivity index (χ0) is 17.6. The highest BCUT2D eigenvalue weighted by Gasteiger charge is 2.16. The summed E-state index contributed by atoms with van der Waals surface area (Å²) >= 11 is 7.14. The number of aromatic nitrogens is 4. The smallest absolute Gasteiger partial charge is 0.235 e. The quantitative estimate of drug-likeness (QED) is 0.485. The van der Waals surface area contributed by atoms with E-state index in [9.17, 15) is 8.78 Å². The van der Waals surface area contributed by atoms with Crippen molar-refractivity contribution in [2.24, 2.45) is 0 Å². The van der Waals surface area contributed by atoms with Crippen LogP contribution >= 0.6 is 22.9 Å². The zero-order valence-electron chi connectivity index (χ0n) is 13.2. The molecule has 0 aliphatic rings. The fourth-order valence-electron chi connectivity index (χ4n) is 2.94. The number of nitrogens with zero attached hydrogens (tertiary/aromatic N) is 4. The van der Waals surface area contributed by atoms with Gasteiger partial charge in [-0.2, -0.15) is 5.10 Å². The van der Waals surface area contributed by atoms with Crippen LogP contribution in [0.1, 0.15) is 35.4 Å². The van der Waals surface area contributed by atoms with Crippen molar-refractivity contribution in [1.82, 2.24) is 19.6 Å². The monoisotopic (exact) mass is 378 g/mol. The third-order valence-electron chi connectivity index (χ3n) is 4.09. The van der Waals surface area contributed by atoms with Gasteiger partial charge in [0.05, 0.1) is 10.2 Å². The number of alkyl halides is 2. The molecule has 0 bridgehead atoms. The van der Waals surface area contributed by atoms with Gasteiger partial charge < -0.3 is 0 Å². The first-order valence-corrected chi connectivity index (χ1v) is 8.88. The fraction of sp³-hybridized carbons (Fsp3) is 0.235. The van der Waals surface area contributed by atoms with E-state index in [0.29, 0.717) is 10.7 Å². The molecular formula is C17H13ClF2N4S. The second-order valence-corrected chi connectivity index (χ2v) is 7.33. The number of imidazole rings is 1. The Labute approximate surface area is 151 Å². The molecule has 4 rings (SSSR count). The summed E-state index contributed by atoms with van der Waals surface area (Å²) in [6.07, 6.45) is 1.64. The summed E-state index contributed by atoms with van der Waals surface area (Å²) in [4.78, 5) is 8.31. The molecule has 0 spiro atoms. The van der Waals surface area contributed by atoms with E-state index in [0.717, 1.165) is 39.2 Å². The first-order valence-electron chi connectivity index (χ1n) is 7.68. The van der Waals surface area contributed by atoms with Crippen LogP contribution in [0.15, 0.2) is 36.7 Å². The summed E-state index contributed by atoms with van der Waals surface area (Å²) < 4.78 is 28.1. The van der Waals surface area contributed by atoms with Crippen molar-refractivity contribution >= 4 is 38.8 Å². The molecule has 8 heteroatoms. The molecule has 0 aliphatic heterocycles. The highest BCUT2D eigenvalue weighted by molar-refractivity contribution is 7.18. The van der Waals surface area contributed by atoms with Gasteiger partial charge in [-0.1, -0.05) is 24.6 Å². The predicted octanol–water partition coefficient (Wildman–Crippen LogP) is 5.28. The Morgan fingerprint density at radius 1 is 1.28 bits per heavy atom. The van der Waals surface area contributed by atoms with E-state index in [1.54, 1.807) is 23.0 Å². The van der Waals surface area contributed by atoms with Gasteiger partial charge in [0.15, 0.2) is 10.7 Å². The van der Waals surface area contributed by atoms with E-state index < -0.39 is 6.43 Å². The average molecular weight is 379 g/mol. The first-order chi connectivity index (χ1) is 12.0. The van der Waals surface area contributed by atoms with E-state index in [1.807, 2.05) is 18.2 Å². The van der Waals surface area contributed by atoms with E-state index in [1.165, 1.54) is 0 Å². The van der Waals surface area contributed by atoms with Gasteiger partial charge in [-0.05, 0) is 36.1 Å². The standard InChI is InChI=1S/C17H13ClF2N4S/c1-9(11-8-14(18)23-24-5-4-21-16(11)24)6-10-2-3-12-13(7-10)25-17(22-12)15(19)20/h2-5,7-9,15H,6H2,1H3. The molecule has 0 radical (unpaired) electrons. The van der Waals surface area contributed by atoms with Crippen molar-refractivity contribution in [3.63, 3.8) is 0 Å². The number of thiazole rings is 1. The maximum Gasteiger partial charge on any atom is 0.289 e. The lowest BCUT2D eigenvalue weighted by Gasteiger charge is -2.13. The van der Waals surface area contributed by atoms with Crippen LogP contribution in [0.5, 0.6) is 0 Å². The topological polar surface area (TPSA) is 43.1 Å². The van der Waals surface area contributed by atoms with Crippen molar-refractivity contribution in [2.75, 3.05) is 0 Å². The third kappa shape index (κ3) is 3.09. The molecule has 4 nitrogen and oxygen atoms in total. The molecule has 3 heterocycles. The molecular weight excluding hydrogens is 366 g/mol. The molecule has 25 heavy (non-hydrogen) atoms. The maximum atomic E-state index is 12.8. The van der Waals surface area contributed by atoms with E-state index >= 15 is 0 Å². The minimum absolute atomic E-state index is 0.139. The Bertz CT molecular complexity index is 1060. The number of hydrogen-bond donors (Lipinski definition) is 0. The molecule has 0 N–H and O–H groups in total. The Kier molecular flexibility index (Phi) is 4.13. The Morgan fingerprint density at radius 2 is 2.12 bits per heavy atom. The molecule has 4 aromatic rings. The Hall–Kier alpha value is -2.12. The Morgan fingerprint density at radius 3 is 2.92 bits per heavy atom. The molecule has 0 saturated carbocycles. The molecule has 1 aromatic carbocycles. The van der Waals surface area contributed by atoms with Crippen molar-refractivity contribution in [3.05, 3.63) is 57.9 Å². The Balaban J connectivity index is 1.66. The summed E-state index contributed by atoms with van der Waals surface area (Å²) in [5.41, 5.74) is 3.44. The largest absolute Gasteiger partial charge is 0.289 e. The lowest BCUT2D eigenvalue weighted by molar-refractivity contribution is 0.151. The van der Waals surface area contributed by atoms with Gasteiger partial charge in [-0.15, -0.1) is 11.3 Å². The highest BCUT2D eigenvalue weighted by atomic mass is 35.5. The van der Waals surface area contributed by atoms with Crippen molar-refractivity contribution in [3.8, 4) is 0 Å². The minimum Gasteiger partial charge on any atom is -0.235 e. The SMILES string of the molecule is CC(Cc1ccc2nc(C(F)F)sc2c1)c1cc(Cl)nn2ccnc12. The van der Waals surface area contributed by atoms with Crippen LogP contribution in [-0.2, 0) is 6.42 Å². The molecule has 0 aliphatic carbocycles. The van der Waals surface area contributed by atoms with Crippen molar-refractivity contribution in [2.45, 2.75) is 25.7 Å². The van der Waals surface area contributed by atoms with Gasteiger partial charge in [0, 0.05) is 18.0 Å². The summed E-state index contributed by atoms with van der Waals surface area (Å²) in [7, 11) is 0. The van der Waals surface area contributed by atoms with Gasteiger partial charge in [0.1, 0.15) is 5.15 Å². The molecule has 0 fully saturated rings. The van der Waals surface area contributed by atoms with Crippen molar-refractivity contribution in [1.29, 1.82) is 0 Å². The second kappa shape index (κ2) is 6.31. The zero-order valence-corrected chi connectivity index (χ0v) is 14.7.